The van der Waals surface area contributed by atoms with Crippen molar-refractivity contribution >= 4 is 17.2 Å². The van der Waals surface area contributed by atoms with Gasteiger partial charge in [-0.05, 0) is 56.0 Å². The van der Waals surface area contributed by atoms with Crippen LogP contribution in [0.5, 0.6) is 0 Å². The number of rotatable bonds is 7. The monoisotopic (exact) mass is 424 g/mol. The van der Waals surface area contributed by atoms with E-state index in [1.54, 1.807) is 12.1 Å². The van der Waals surface area contributed by atoms with Gasteiger partial charge in [0.2, 0.25) is 5.01 Å². The van der Waals surface area contributed by atoms with Gasteiger partial charge in [-0.25, -0.2) is 4.39 Å². The first-order chi connectivity index (χ1) is 14.6. The smallest absolute Gasteiger partial charge is 0.282 e. The van der Waals surface area contributed by atoms with Gasteiger partial charge < -0.3 is 5.32 Å². The molecule has 0 radical (unpaired) electrons. The van der Waals surface area contributed by atoms with Crippen molar-refractivity contribution in [3.8, 4) is 0 Å². The number of halogens is 1. The molecule has 7 heteroatoms. The van der Waals surface area contributed by atoms with E-state index in [2.05, 4.69) is 20.4 Å². The second-order valence-electron chi connectivity index (χ2n) is 7.77. The van der Waals surface area contributed by atoms with Gasteiger partial charge in [-0.3, -0.25) is 9.69 Å². The van der Waals surface area contributed by atoms with Crippen LogP contribution in [-0.4, -0.2) is 33.6 Å². The lowest BCUT2D eigenvalue weighted by Crippen LogP contribution is -2.30. The fourth-order valence-corrected chi connectivity index (χ4v) is 4.60. The number of benzene rings is 2. The molecule has 5 nitrogen and oxygen atoms in total. The molecular weight excluding hydrogens is 399 g/mol. The van der Waals surface area contributed by atoms with Crippen LogP contribution in [0.4, 0.5) is 4.39 Å². The van der Waals surface area contributed by atoms with Gasteiger partial charge in [0.05, 0.1) is 6.54 Å². The summed E-state index contributed by atoms with van der Waals surface area (Å²) in [5, 5.41) is 12.4. The summed E-state index contributed by atoms with van der Waals surface area (Å²) in [6.07, 6.45) is 3.02. The number of aromatic nitrogens is 2. The second-order valence-corrected chi connectivity index (χ2v) is 8.83. The van der Waals surface area contributed by atoms with E-state index < -0.39 is 0 Å². The average molecular weight is 425 g/mol. The van der Waals surface area contributed by atoms with Crippen molar-refractivity contribution in [1.82, 2.24) is 20.4 Å². The Bertz CT molecular complexity index is 1000. The minimum atomic E-state index is -0.197. The maximum Gasteiger partial charge on any atom is 0.282 e. The van der Waals surface area contributed by atoms with E-state index >= 15 is 0 Å². The highest BCUT2D eigenvalue weighted by molar-refractivity contribution is 7.13. The third-order valence-corrected chi connectivity index (χ3v) is 6.34. The number of nitrogens with one attached hydrogen (secondary N) is 1. The summed E-state index contributed by atoms with van der Waals surface area (Å²) in [6, 6.07) is 15.2. The number of carbonyl (C=O) groups is 1. The molecule has 1 N–H and O–H groups in total. The van der Waals surface area contributed by atoms with E-state index in [9.17, 15) is 9.18 Å². The van der Waals surface area contributed by atoms with E-state index in [0.717, 1.165) is 41.9 Å². The number of amides is 1. The van der Waals surface area contributed by atoms with E-state index in [4.69, 9.17) is 0 Å². The van der Waals surface area contributed by atoms with Crippen LogP contribution < -0.4 is 5.32 Å². The van der Waals surface area contributed by atoms with Crippen LogP contribution in [0.3, 0.4) is 0 Å². The van der Waals surface area contributed by atoms with Crippen molar-refractivity contribution < 1.29 is 9.18 Å². The molecule has 1 aliphatic heterocycles. The minimum Gasteiger partial charge on any atom is -0.346 e. The van der Waals surface area contributed by atoms with Gasteiger partial charge in [0.1, 0.15) is 10.8 Å². The minimum absolute atomic E-state index is 0.192. The Balaban J connectivity index is 1.33. The molecule has 1 atom stereocenters. The SMILES string of the molecule is Cc1ccc(CNC(=O)c2nnc(CN3CCCC3Cc3cccc(F)c3)s2)cc1. The van der Waals surface area contributed by atoms with Crippen LogP contribution in [0.1, 0.15) is 44.3 Å². The first-order valence-corrected chi connectivity index (χ1v) is 11.0. The number of hydrogen-bond donors (Lipinski definition) is 1. The van der Waals surface area contributed by atoms with Gasteiger partial charge in [0.25, 0.3) is 5.91 Å². The summed E-state index contributed by atoms with van der Waals surface area (Å²) in [5.41, 5.74) is 3.26. The zero-order valence-corrected chi connectivity index (χ0v) is 17.8. The van der Waals surface area contributed by atoms with E-state index in [0.29, 0.717) is 24.1 Å². The standard InChI is InChI=1S/C23H25FN4OS/c1-16-7-9-17(10-8-16)14-25-22(29)23-27-26-21(30-23)15-28-11-3-6-20(28)13-18-4-2-5-19(24)12-18/h2,4-5,7-10,12,20H,3,6,11,13-15H2,1H3,(H,25,29). The number of likely N-dealkylation sites (tertiary alicyclic amines) is 1. The van der Waals surface area contributed by atoms with Crippen molar-refractivity contribution in [3.05, 3.63) is 81.1 Å². The number of hydrogen-bond acceptors (Lipinski definition) is 5. The molecule has 1 aliphatic rings. The molecule has 1 saturated heterocycles. The molecule has 1 unspecified atom stereocenters. The normalized spacial score (nSPS) is 16.7. The number of aryl methyl sites for hydroxylation is 1. The number of carbonyl (C=O) groups excluding carboxylic acids is 1. The summed E-state index contributed by atoms with van der Waals surface area (Å²) in [6.45, 7) is 4.15. The molecule has 0 spiro atoms. The lowest BCUT2D eigenvalue weighted by molar-refractivity contribution is 0.0950. The Morgan fingerprint density at radius 3 is 2.83 bits per heavy atom. The maximum absolute atomic E-state index is 13.5. The van der Waals surface area contributed by atoms with Gasteiger partial charge in [0.15, 0.2) is 0 Å². The molecule has 0 bridgehead atoms. The Morgan fingerprint density at radius 1 is 1.20 bits per heavy atom. The Hall–Kier alpha value is -2.64. The molecule has 1 aromatic heterocycles. The topological polar surface area (TPSA) is 58.1 Å². The quantitative estimate of drug-likeness (QED) is 0.620. The van der Waals surface area contributed by atoms with Gasteiger partial charge in [-0.2, -0.15) is 0 Å². The van der Waals surface area contributed by atoms with E-state index in [1.807, 2.05) is 37.3 Å². The van der Waals surface area contributed by atoms with E-state index in [-0.39, 0.29) is 11.7 Å². The fourth-order valence-electron chi connectivity index (χ4n) is 3.82. The lowest BCUT2D eigenvalue weighted by Gasteiger charge is -2.23. The molecular formula is C23H25FN4OS. The summed E-state index contributed by atoms with van der Waals surface area (Å²) in [7, 11) is 0. The molecule has 3 aromatic rings. The Labute approximate surface area is 180 Å². The second kappa shape index (κ2) is 9.45. The lowest BCUT2D eigenvalue weighted by atomic mass is 10.0. The largest absolute Gasteiger partial charge is 0.346 e. The van der Waals surface area contributed by atoms with Crippen molar-refractivity contribution in [2.24, 2.45) is 0 Å². The molecule has 30 heavy (non-hydrogen) atoms. The van der Waals surface area contributed by atoms with Gasteiger partial charge in [0, 0.05) is 12.6 Å². The molecule has 1 amide bonds. The molecule has 0 saturated carbocycles. The van der Waals surface area contributed by atoms with Crippen LogP contribution in [0.25, 0.3) is 0 Å². The molecule has 2 aromatic carbocycles. The Kier molecular flexibility index (Phi) is 6.50. The maximum atomic E-state index is 13.5. The predicted molar refractivity (Wildman–Crippen MR) is 116 cm³/mol. The van der Waals surface area contributed by atoms with Crippen LogP contribution in [0, 0.1) is 12.7 Å². The summed E-state index contributed by atoms with van der Waals surface area (Å²) in [4.78, 5) is 14.8. The highest BCUT2D eigenvalue weighted by Gasteiger charge is 2.26. The van der Waals surface area contributed by atoms with Crippen molar-refractivity contribution in [3.63, 3.8) is 0 Å². The highest BCUT2D eigenvalue weighted by Crippen LogP contribution is 2.24. The third kappa shape index (κ3) is 5.29. The van der Waals surface area contributed by atoms with E-state index in [1.165, 1.54) is 23.0 Å². The average Bonchev–Trinajstić information content (AvgIpc) is 3.38. The molecule has 1 fully saturated rings. The van der Waals surface area contributed by atoms with Crippen LogP contribution >= 0.6 is 11.3 Å². The highest BCUT2D eigenvalue weighted by atomic mass is 32.1. The van der Waals surface area contributed by atoms with Crippen molar-refractivity contribution in [2.75, 3.05) is 6.54 Å². The summed E-state index contributed by atoms with van der Waals surface area (Å²) < 4.78 is 13.5. The van der Waals surface area contributed by atoms with Gasteiger partial charge in [-0.15, -0.1) is 10.2 Å². The molecule has 156 valence electrons. The third-order valence-electron chi connectivity index (χ3n) is 5.43. The van der Waals surface area contributed by atoms with Gasteiger partial charge >= 0.3 is 0 Å². The van der Waals surface area contributed by atoms with Crippen LogP contribution in [-0.2, 0) is 19.5 Å². The first kappa shape index (κ1) is 20.6. The molecule has 0 aliphatic carbocycles. The van der Waals surface area contributed by atoms with Crippen molar-refractivity contribution in [2.45, 2.75) is 45.3 Å². The van der Waals surface area contributed by atoms with Crippen molar-refractivity contribution in [1.29, 1.82) is 0 Å². The fraction of sp³-hybridized carbons (Fsp3) is 0.348. The predicted octanol–water partition coefficient (Wildman–Crippen LogP) is 4.12. The Morgan fingerprint density at radius 2 is 2.03 bits per heavy atom. The summed E-state index contributed by atoms with van der Waals surface area (Å²) in [5.74, 6) is -0.389. The zero-order chi connectivity index (χ0) is 20.9. The first-order valence-electron chi connectivity index (χ1n) is 10.2. The molecule has 4 rings (SSSR count). The number of nitrogens with zero attached hydrogens (tertiary/aromatic N) is 3. The van der Waals surface area contributed by atoms with Gasteiger partial charge in [-0.1, -0.05) is 53.3 Å². The molecule has 2 heterocycles. The zero-order valence-electron chi connectivity index (χ0n) is 17.0. The summed E-state index contributed by atoms with van der Waals surface area (Å²) >= 11 is 1.34. The van der Waals surface area contributed by atoms with Crippen LogP contribution in [0.2, 0.25) is 0 Å². The van der Waals surface area contributed by atoms with Crippen LogP contribution in [0.15, 0.2) is 48.5 Å².